The predicted molar refractivity (Wildman–Crippen MR) is 63.2 cm³/mol. The van der Waals surface area contributed by atoms with Crippen LogP contribution in [0.4, 0.5) is 0 Å². The van der Waals surface area contributed by atoms with Crippen LogP contribution in [0, 0.1) is 22.7 Å². The third-order valence-corrected chi connectivity index (χ3v) is 2.50. The normalized spacial score (nSPS) is 9.67. The van der Waals surface area contributed by atoms with E-state index in [1.54, 1.807) is 24.4 Å². The van der Waals surface area contributed by atoms with E-state index in [2.05, 4.69) is 10.2 Å². The molecular weight excluding hydrogens is 230 g/mol. The highest BCUT2D eigenvalue weighted by Gasteiger charge is 2.15. The highest BCUT2D eigenvalue weighted by molar-refractivity contribution is 5.97. The van der Waals surface area contributed by atoms with Crippen molar-refractivity contribution in [1.29, 1.82) is 10.5 Å². The number of hydrogen-bond donors (Lipinski definition) is 1. The third-order valence-electron chi connectivity index (χ3n) is 2.50. The van der Waals surface area contributed by atoms with Gasteiger partial charge in [-0.2, -0.15) is 15.6 Å². The van der Waals surface area contributed by atoms with E-state index in [1.807, 2.05) is 12.1 Å². The Balaban J connectivity index is 2.31. The predicted octanol–water partition coefficient (Wildman–Crippen LogP) is 1.05. The van der Waals surface area contributed by atoms with Gasteiger partial charge in [0, 0.05) is 10.9 Å². The number of amides is 1. The molecule has 0 atom stereocenters. The van der Waals surface area contributed by atoms with Crippen LogP contribution in [0.1, 0.15) is 10.4 Å². The first kappa shape index (κ1) is 11.6. The monoisotopic (exact) mass is 239 g/mol. The van der Waals surface area contributed by atoms with Crippen molar-refractivity contribution in [2.75, 3.05) is 13.1 Å². The zero-order valence-corrected chi connectivity index (χ0v) is 9.42. The molecule has 0 fully saturated rings. The molecule has 0 aliphatic carbocycles. The molecule has 0 unspecified atom stereocenters. The van der Waals surface area contributed by atoms with E-state index in [4.69, 9.17) is 10.5 Å². The second-order valence-electron chi connectivity index (χ2n) is 3.65. The molecule has 0 bridgehead atoms. The summed E-state index contributed by atoms with van der Waals surface area (Å²) < 4.78 is 0. The van der Waals surface area contributed by atoms with Crippen LogP contribution in [0.15, 0.2) is 24.4 Å². The second-order valence-corrected chi connectivity index (χ2v) is 3.65. The molecule has 0 spiro atoms. The standard InChI is InChI=1S/C12H9N5O/c13-3-5-17(6-4-14)12(18)9-1-2-10-8-15-16-11(10)7-9/h1-2,7-8H,5-6H2,(H,15,16). The van der Waals surface area contributed by atoms with Gasteiger partial charge in [-0.3, -0.25) is 9.89 Å². The van der Waals surface area contributed by atoms with Crippen molar-refractivity contribution in [3.8, 4) is 12.1 Å². The number of nitriles is 2. The van der Waals surface area contributed by atoms with Crippen molar-refractivity contribution in [3.05, 3.63) is 30.0 Å². The average molecular weight is 239 g/mol. The average Bonchev–Trinajstić information content (AvgIpc) is 2.84. The molecule has 88 valence electrons. The van der Waals surface area contributed by atoms with Crippen LogP contribution in [0.25, 0.3) is 10.9 Å². The molecular formula is C12H9N5O. The van der Waals surface area contributed by atoms with Gasteiger partial charge >= 0.3 is 0 Å². The Kier molecular flexibility index (Phi) is 3.22. The van der Waals surface area contributed by atoms with Gasteiger partial charge in [-0.05, 0) is 12.1 Å². The minimum atomic E-state index is -0.338. The molecule has 0 saturated carbocycles. The fourth-order valence-electron chi connectivity index (χ4n) is 1.62. The number of nitrogens with one attached hydrogen (secondary N) is 1. The Morgan fingerprint density at radius 1 is 1.33 bits per heavy atom. The summed E-state index contributed by atoms with van der Waals surface area (Å²) in [4.78, 5) is 13.3. The van der Waals surface area contributed by atoms with Gasteiger partial charge in [-0.1, -0.05) is 6.07 Å². The summed E-state index contributed by atoms with van der Waals surface area (Å²) >= 11 is 0. The van der Waals surface area contributed by atoms with Gasteiger partial charge in [-0.25, -0.2) is 0 Å². The molecule has 6 nitrogen and oxygen atoms in total. The maximum Gasteiger partial charge on any atom is 0.255 e. The maximum absolute atomic E-state index is 12.1. The summed E-state index contributed by atoms with van der Waals surface area (Å²) in [5.41, 5.74) is 1.17. The number of fused-ring (bicyclic) bond motifs is 1. The minimum absolute atomic E-state index is 0.104. The SMILES string of the molecule is N#CCN(CC#N)C(=O)c1ccc2cn[nH]c2c1. The molecule has 1 aromatic carbocycles. The van der Waals surface area contributed by atoms with Crippen LogP contribution in [-0.4, -0.2) is 34.1 Å². The van der Waals surface area contributed by atoms with Gasteiger partial charge in [0.05, 0.1) is 23.9 Å². The zero-order chi connectivity index (χ0) is 13.0. The highest BCUT2D eigenvalue weighted by atomic mass is 16.2. The molecule has 6 heteroatoms. The van der Waals surface area contributed by atoms with Crippen molar-refractivity contribution in [3.63, 3.8) is 0 Å². The van der Waals surface area contributed by atoms with Gasteiger partial charge in [0.2, 0.25) is 0 Å². The topological polar surface area (TPSA) is 96.6 Å². The highest BCUT2D eigenvalue weighted by Crippen LogP contribution is 2.14. The quantitative estimate of drug-likeness (QED) is 0.809. The number of carbonyl (C=O) groups excluding carboxylic acids is 1. The molecule has 1 N–H and O–H groups in total. The summed E-state index contributed by atoms with van der Waals surface area (Å²) in [6.07, 6.45) is 1.66. The Hall–Kier alpha value is -2.86. The Labute approximate surface area is 103 Å². The molecule has 0 radical (unpaired) electrons. The number of hydrogen-bond acceptors (Lipinski definition) is 4. The van der Waals surface area contributed by atoms with Gasteiger partial charge in [0.15, 0.2) is 0 Å². The van der Waals surface area contributed by atoms with E-state index in [-0.39, 0.29) is 19.0 Å². The van der Waals surface area contributed by atoms with Crippen LogP contribution >= 0.6 is 0 Å². The van der Waals surface area contributed by atoms with E-state index in [1.165, 1.54) is 4.90 Å². The minimum Gasteiger partial charge on any atom is -0.312 e. The molecule has 0 aliphatic heterocycles. The van der Waals surface area contributed by atoms with Crippen LogP contribution < -0.4 is 0 Å². The van der Waals surface area contributed by atoms with Gasteiger partial charge in [-0.15, -0.1) is 0 Å². The van der Waals surface area contributed by atoms with Crippen LogP contribution in [-0.2, 0) is 0 Å². The molecule has 0 saturated heterocycles. The smallest absolute Gasteiger partial charge is 0.255 e. The van der Waals surface area contributed by atoms with E-state index >= 15 is 0 Å². The number of H-pyrrole nitrogens is 1. The number of nitrogens with zero attached hydrogens (tertiary/aromatic N) is 4. The third kappa shape index (κ3) is 2.13. The van der Waals surface area contributed by atoms with Crippen LogP contribution in [0.5, 0.6) is 0 Å². The molecule has 2 aromatic rings. The van der Waals surface area contributed by atoms with E-state index < -0.39 is 0 Å². The first-order chi connectivity index (χ1) is 8.76. The maximum atomic E-state index is 12.1. The summed E-state index contributed by atoms with van der Waals surface area (Å²) in [7, 11) is 0. The van der Waals surface area contributed by atoms with Crippen molar-refractivity contribution in [2.45, 2.75) is 0 Å². The molecule has 1 aromatic heterocycles. The van der Waals surface area contributed by atoms with E-state index in [0.717, 1.165) is 10.9 Å². The Bertz CT molecular complexity index is 645. The summed E-state index contributed by atoms with van der Waals surface area (Å²) in [5, 5.41) is 24.8. The fraction of sp³-hybridized carbons (Fsp3) is 0.167. The number of aromatic amines is 1. The molecule has 18 heavy (non-hydrogen) atoms. The van der Waals surface area contributed by atoms with Gasteiger partial charge in [0.25, 0.3) is 5.91 Å². The van der Waals surface area contributed by atoms with E-state index in [0.29, 0.717) is 5.56 Å². The van der Waals surface area contributed by atoms with Crippen molar-refractivity contribution in [2.24, 2.45) is 0 Å². The number of carbonyl (C=O) groups is 1. The lowest BCUT2D eigenvalue weighted by Crippen LogP contribution is -2.31. The van der Waals surface area contributed by atoms with Gasteiger partial charge in [0.1, 0.15) is 13.1 Å². The van der Waals surface area contributed by atoms with Crippen LogP contribution in [0.2, 0.25) is 0 Å². The largest absolute Gasteiger partial charge is 0.312 e. The van der Waals surface area contributed by atoms with E-state index in [9.17, 15) is 4.79 Å². The zero-order valence-electron chi connectivity index (χ0n) is 9.42. The molecule has 0 aliphatic rings. The lowest BCUT2D eigenvalue weighted by molar-refractivity contribution is 0.0795. The fourth-order valence-corrected chi connectivity index (χ4v) is 1.62. The molecule has 2 rings (SSSR count). The van der Waals surface area contributed by atoms with Crippen molar-refractivity contribution in [1.82, 2.24) is 15.1 Å². The lowest BCUT2D eigenvalue weighted by Gasteiger charge is -2.15. The molecule has 1 heterocycles. The van der Waals surface area contributed by atoms with Gasteiger partial charge < -0.3 is 4.90 Å². The molecule has 1 amide bonds. The summed E-state index contributed by atoms with van der Waals surface area (Å²) in [5.74, 6) is -0.338. The number of rotatable bonds is 3. The van der Waals surface area contributed by atoms with Crippen molar-refractivity contribution >= 4 is 16.8 Å². The Morgan fingerprint density at radius 2 is 2.06 bits per heavy atom. The summed E-state index contributed by atoms with van der Waals surface area (Å²) in [6, 6.07) is 8.82. The summed E-state index contributed by atoms with van der Waals surface area (Å²) in [6.45, 7) is -0.208. The number of aromatic nitrogens is 2. The van der Waals surface area contributed by atoms with Crippen LogP contribution in [0.3, 0.4) is 0 Å². The first-order valence-corrected chi connectivity index (χ1v) is 5.22. The first-order valence-electron chi connectivity index (χ1n) is 5.22. The lowest BCUT2D eigenvalue weighted by atomic mass is 10.1. The number of benzene rings is 1. The second kappa shape index (κ2) is 4.98. The van der Waals surface area contributed by atoms with Crippen molar-refractivity contribution < 1.29 is 4.79 Å². The Morgan fingerprint density at radius 3 is 2.72 bits per heavy atom.